The number of aliphatic imine (C=N–C) groups is 1. The first-order valence-electron chi connectivity index (χ1n) is 7.27. The molecule has 21 heavy (non-hydrogen) atoms. The maximum atomic E-state index is 4.40. The standard InChI is InChI=1S/C14H24N4S2.HI/c1-12-4-8-18(9-5-12)13(15-2)16-6-3-10-19-14-17-7-11-20-14;/h7,11-12H,3-6,8-10H2,1-2H3,(H,15,16);1H. The number of thioether (sulfide) groups is 1. The van der Waals surface area contributed by atoms with Crippen molar-refractivity contribution in [2.24, 2.45) is 10.9 Å². The van der Waals surface area contributed by atoms with Crippen molar-refractivity contribution in [1.82, 2.24) is 15.2 Å². The van der Waals surface area contributed by atoms with Crippen LogP contribution in [0, 0.1) is 5.92 Å². The fourth-order valence-electron chi connectivity index (χ4n) is 2.27. The van der Waals surface area contributed by atoms with Gasteiger partial charge >= 0.3 is 0 Å². The molecule has 1 aliphatic heterocycles. The van der Waals surface area contributed by atoms with Gasteiger partial charge in [-0.05, 0) is 25.2 Å². The second-order valence-corrected chi connectivity index (χ2v) is 7.38. The first-order chi connectivity index (χ1) is 9.79. The molecule has 1 aliphatic rings. The molecule has 0 amide bonds. The lowest BCUT2D eigenvalue weighted by Crippen LogP contribution is -2.45. The lowest BCUT2D eigenvalue weighted by molar-refractivity contribution is 0.273. The van der Waals surface area contributed by atoms with Crippen molar-refractivity contribution in [2.75, 3.05) is 32.4 Å². The summed E-state index contributed by atoms with van der Waals surface area (Å²) in [5.74, 6) is 3.03. The van der Waals surface area contributed by atoms with E-state index < -0.39 is 0 Å². The number of thiazole rings is 1. The third kappa shape index (κ3) is 6.73. The Morgan fingerprint density at radius 3 is 2.90 bits per heavy atom. The van der Waals surface area contributed by atoms with E-state index in [-0.39, 0.29) is 24.0 Å². The minimum absolute atomic E-state index is 0. The Balaban J connectivity index is 0.00000220. The molecule has 1 aromatic rings. The van der Waals surface area contributed by atoms with E-state index in [1.54, 1.807) is 11.3 Å². The summed E-state index contributed by atoms with van der Waals surface area (Å²) in [6.07, 6.45) is 5.55. The molecule has 1 aromatic heterocycles. The van der Waals surface area contributed by atoms with E-state index >= 15 is 0 Å². The average Bonchev–Trinajstić information content (AvgIpc) is 2.97. The highest BCUT2D eigenvalue weighted by Crippen LogP contribution is 2.20. The second kappa shape index (κ2) is 10.7. The Bertz CT molecular complexity index is 403. The number of hydrogen-bond acceptors (Lipinski definition) is 4. The van der Waals surface area contributed by atoms with Gasteiger partial charge in [0.1, 0.15) is 4.34 Å². The van der Waals surface area contributed by atoms with Gasteiger partial charge < -0.3 is 10.2 Å². The van der Waals surface area contributed by atoms with Crippen molar-refractivity contribution in [3.05, 3.63) is 11.6 Å². The summed E-state index contributed by atoms with van der Waals surface area (Å²) in [4.78, 5) is 11.1. The zero-order valence-electron chi connectivity index (χ0n) is 12.7. The molecular formula is C14H25IN4S2. The third-order valence-electron chi connectivity index (χ3n) is 3.53. The molecule has 1 N–H and O–H groups in total. The normalized spacial score (nSPS) is 16.7. The number of rotatable bonds is 5. The Morgan fingerprint density at radius 1 is 1.52 bits per heavy atom. The van der Waals surface area contributed by atoms with Gasteiger partial charge in [-0.15, -0.1) is 35.3 Å². The summed E-state index contributed by atoms with van der Waals surface area (Å²) in [6, 6.07) is 0. The van der Waals surface area contributed by atoms with Crippen LogP contribution in [-0.4, -0.2) is 48.3 Å². The molecule has 4 nitrogen and oxygen atoms in total. The third-order valence-corrected chi connectivity index (χ3v) is 5.59. The number of nitrogens with zero attached hydrogens (tertiary/aromatic N) is 3. The van der Waals surface area contributed by atoms with E-state index in [0.717, 1.165) is 43.7 Å². The van der Waals surface area contributed by atoms with E-state index in [9.17, 15) is 0 Å². The van der Waals surface area contributed by atoms with Crippen LogP contribution in [-0.2, 0) is 0 Å². The van der Waals surface area contributed by atoms with Gasteiger partial charge in [-0.25, -0.2) is 4.98 Å². The highest BCUT2D eigenvalue weighted by atomic mass is 127. The van der Waals surface area contributed by atoms with Gasteiger partial charge in [0, 0.05) is 44.0 Å². The summed E-state index contributed by atoms with van der Waals surface area (Å²) in [6.45, 7) is 5.59. The molecular weight excluding hydrogens is 415 g/mol. The first-order valence-corrected chi connectivity index (χ1v) is 9.14. The predicted octanol–water partition coefficient (Wildman–Crippen LogP) is 3.55. The zero-order chi connectivity index (χ0) is 14.2. The molecule has 0 bridgehead atoms. The maximum Gasteiger partial charge on any atom is 0.193 e. The van der Waals surface area contributed by atoms with Crippen molar-refractivity contribution in [3.8, 4) is 0 Å². The monoisotopic (exact) mass is 440 g/mol. The molecule has 0 radical (unpaired) electrons. The van der Waals surface area contributed by atoms with Crippen LogP contribution in [0.3, 0.4) is 0 Å². The molecule has 2 rings (SSSR count). The lowest BCUT2D eigenvalue weighted by Gasteiger charge is -2.32. The molecule has 7 heteroatoms. The molecule has 1 saturated heterocycles. The molecule has 0 aromatic carbocycles. The number of aromatic nitrogens is 1. The lowest BCUT2D eigenvalue weighted by atomic mass is 10.00. The number of guanidine groups is 1. The Kier molecular flexibility index (Phi) is 9.66. The van der Waals surface area contributed by atoms with Crippen molar-refractivity contribution in [3.63, 3.8) is 0 Å². The van der Waals surface area contributed by atoms with Gasteiger partial charge in [0.15, 0.2) is 5.96 Å². The molecule has 0 atom stereocenters. The van der Waals surface area contributed by atoms with Crippen molar-refractivity contribution in [2.45, 2.75) is 30.5 Å². The zero-order valence-corrected chi connectivity index (χ0v) is 16.7. The predicted molar refractivity (Wildman–Crippen MR) is 104 cm³/mol. The van der Waals surface area contributed by atoms with Crippen molar-refractivity contribution in [1.29, 1.82) is 0 Å². The minimum atomic E-state index is 0. The fourth-order valence-corrected chi connectivity index (χ4v) is 3.91. The van der Waals surface area contributed by atoms with Crippen LogP contribution in [0.15, 0.2) is 20.9 Å². The number of piperidine rings is 1. The molecule has 0 aliphatic carbocycles. The number of nitrogens with one attached hydrogen (secondary N) is 1. The highest BCUT2D eigenvalue weighted by Gasteiger charge is 2.18. The van der Waals surface area contributed by atoms with E-state index in [2.05, 4.69) is 27.1 Å². The van der Waals surface area contributed by atoms with Crippen LogP contribution in [0.25, 0.3) is 0 Å². The van der Waals surface area contributed by atoms with Crippen LogP contribution < -0.4 is 5.32 Å². The van der Waals surface area contributed by atoms with Crippen molar-refractivity contribution >= 4 is 53.0 Å². The quantitative estimate of drug-likeness (QED) is 0.250. The summed E-state index contributed by atoms with van der Waals surface area (Å²) in [7, 11) is 1.88. The molecule has 2 heterocycles. The molecule has 1 fully saturated rings. The van der Waals surface area contributed by atoms with Crippen LogP contribution in [0.2, 0.25) is 0 Å². The van der Waals surface area contributed by atoms with Gasteiger partial charge in [0.05, 0.1) is 0 Å². The van der Waals surface area contributed by atoms with E-state index in [1.807, 2.05) is 30.4 Å². The van der Waals surface area contributed by atoms with Crippen LogP contribution >= 0.6 is 47.1 Å². The fraction of sp³-hybridized carbons (Fsp3) is 0.714. The Morgan fingerprint density at radius 2 is 2.29 bits per heavy atom. The summed E-state index contributed by atoms with van der Waals surface area (Å²) in [5, 5.41) is 5.51. The Hall–Kier alpha value is -0.0200. The van der Waals surface area contributed by atoms with Gasteiger partial charge in [-0.3, -0.25) is 4.99 Å². The number of hydrogen-bond donors (Lipinski definition) is 1. The van der Waals surface area contributed by atoms with Crippen molar-refractivity contribution < 1.29 is 0 Å². The number of likely N-dealkylation sites (tertiary alicyclic amines) is 1. The second-order valence-electron chi connectivity index (χ2n) is 5.14. The SMILES string of the molecule is CN=C(NCCCSc1nccs1)N1CCC(C)CC1.I. The first kappa shape index (κ1) is 19.0. The van der Waals surface area contributed by atoms with Crippen LogP contribution in [0.5, 0.6) is 0 Å². The van der Waals surface area contributed by atoms with Gasteiger partial charge in [-0.1, -0.05) is 18.7 Å². The molecule has 0 saturated carbocycles. The van der Waals surface area contributed by atoms with Gasteiger partial charge in [0.2, 0.25) is 0 Å². The maximum absolute atomic E-state index is 4.40. The van der Waals surface area contributed by atoms with Gasteiger partial charge in [-0.2, -0.15) is 0 Å². The van der Waals surface area contributed by atoms with E-state index in [1.165, 1.54) is 17.2 Å². The molecule has 0 unspecified atom stereocenters. The topological polar surface area (TPSA) is 40.5 Å². The summed E-state index contributed by atoms with van der Waals surface area (Å²) in [5.41, 5.74) is 0. The van der Waals surface area contributed by atoms with Crippen LogP contribution in [0.1, 0.15) is 26.2 Å². The smallest absolute Gasteiger partial charge is 0.193 e. The number of halogens is 1. The van der Waals surface area contributed by atoms with E-state index in [0.29, 0.717) is 0 Å². The molecule has 120 valence electrons. The average molecular weight is 440 g/mol. The Labute approximate surface area is 153 Å². The van der Waals surface area contributed by atoms with Gasteiger partial charge in [0.25, 0.3) is 0 Å². The minimum Gasteiger partial charge on any atom is -0.356 e. The van der Waals surface area contributed by atoms with E-state index in [4.69, 9.17) is 0 Å². The summed E-state index contributed by atoms with van der Waals surface area (Å²) < 4.78 is 1.17. The summed E-state index contributed by atoms with van der Waals surface area (Å²) >= 11 is 3.55. The van der Waals surface area contributed by atoms with Crippen LogP contribution in [0.4, 0.5) is 0 Å². The molecule has 0 spiro atoms. The largest absolute Gasteiger partial charge is 0.356 e. The highest BCUT2D eigenvalue weighted by molar-refractivity contribution is 14.0.